The Morgan fingerprint density at radius 3 is 2.52 bits per heavy atom. The van der Waals surface area contributed by atoms with Crippen LogP contribution in [0.4, 0.5) is 10.7 Å². The fourth-order valence-corrected chi connectivity index (χ4v) is 2.43. The van der Waals surface area contributed by atoms with Crippen LogP contribution in [0.5, 0.6) is 0 Å². The van der Waals surface area contributed by atoms with E-state index in [0.29, 0.717) is 4.57 Å². The lowest BCUT2D eigenvalue weighted by Gasteiger charge is -2.19. The first-order valence-corrected chi connectivity index (χ1v) is 8.17. The lowest BCUT2D eigenvalue weighted by Crippen LogP contribution is -2.42. The Bertz CT molecular complexity index is 1150. The van der Waals surface area contributed by atoms with Crippen molar-refractivity contribution in [3.05, 3.63) is 56.7 Å². The van der Waals surface area contributed by atoms with Crippen molar-refractivity contribution in [3.8, 4) is 0 Å². The van der Waals surface area contributed by atoms with Crippen molar-refractivity contribution in [1.29, 1.82) is 0 Å². The van der Waals surface area contributed by atoms with Crippen molar-refractivity contribution in [2.24, 2.45) is 0 Å². The molecule has 0 saturated heterocycles. The molecule has 0 fully saturated rings. The zero-order valence-electron chi connectivity index (χ0n) is 15.1. The lowest BCUT2D eigenvalue weighted by molar-refractivity contribution is 0.0534. The van der Waals surface area contributed by atoms with E-state index in [1.165, 1.54) is 6.20 Å². The van der Waals surface area contributed by atoms with Gasteiger partial charge in [-0.25, -0.2) is 14.2 Å². The van der Waals surface area contributed by atoms with Crippen molar-refractivity contribution >= 4 is 35.5 Å². The van der Waals surface area contributed by atoms with Gasteiger partial charge in [0.05, 0.1) is 0 Å². The number of nitrogens with zero attached hydrogens (tertiary/aromatic N) is 3. The Hall–Kier alpha value is -3.62. The fraction of sp³-hybridized carbons (Fsp3) is 0.222. The summed E-state index contributed by atoms with van der Waals surface area (Å²) in [5.74, 6) is -0.0939. The van der Waals surface area contributed by atoms with Gasteiger partial charge in [0.1, 0.15) is 5.60 Å². The molecule has 140 valence electrons. The molecule has 3 rings (SSSR count). The number of anilines is 1. The normalized spacial score (nSPS) is 12.0. The van der Waals surface area contributed by atoms with Gasteiger partial charge in [-0.15, -0.1) is 0 Å². The van der Waals surface area contributed by atoms with Crippen LogP contribution >= 0.6 is 0 Å². The Morgan fingerprint density at radius 1 is 1.22 bits per heavy atom. The van der Waals surface area contributed by atoms with E-state index in [2.05, 4.69) is 9.97 Å². The SMILES string of the molecule is CC(C)(C)OC(=O)n1c(=O)n(C=Cc2ccccc2)c(=O)c2[nH]c(N)nc21. The molecule has 0 unspecified atom stereocenters. The van der Waals surface area contributed by atoms with Gasteiger partial charge in [0.2, 0.25) is 0 Å². The number of fused-ring (bicyclic) bond motifs is 1. The number of aromatic amines is 1. The quantitative estimate of drug-likeness (QED) is 0.710. The number of benzene rings is 1. The second kappa shape index (κ2) is 6.60. The molecule has 0 aliphatic rings. The minimum atomic E-state index is -0.953. The average Bonchev–Trinajstić information content (AvgIpc) is 2.95. The summed E-state index contributed by atoms with van der Waals surface area (Å²) in [6.07, 6.45) is 1.91. The van der Waals surface area contributed by atoms with Crippen LogP contribution in [-0.2, 0) is 4.74 Å². The van der Waals surface area contributed by atoms with E-state index < -0.39 is 22.9 Å². The number of nitrogens with one attached hydrogen (secondary N) is 1. The fourth-order valence-electron chi connectivity index (χ4n) is 2.43. The average molecular weight is 369 g/mol. The number of aromatic nitrogens is 4. The van der Waals surface area contributed by atoms with Crippen molar-refractivity contribution in [2.45, 2.75) is 26.4 Å². The molecule has 9 heteroatoms. The number of H-pyrrole nitrogens is 1. The second-order valence-electron chi connectivity index (χ2n) is 6.82. The Kier molecular flexibility index (Phi) is 4.44. The molecule has 2 heterocycles. The van der Waals surface area contributed by atoms with E-state index >= 15 is 0 Å². The predicted molar refractivity (Wildman–Crippen MR) is 102 cm³/mol. The Labute approximate surface area is 153 Å². The molecule has 1 aromatic carbocycles. The van der Waals surface area contributed by atoms with Crippen LogP contribution in [0.2, 0.25) is 0 Å². The summed E-state index contributed by atoms with van der Waals surface area (Å²) in [6.45, 7) is 4.99. The van der Waals surface area contributed by atoms with Gasteiger partial charge in [-0.05, 0) is 32.4 Å². The smallest absolute Gasteiger partial charge is 0.424 e. The highest BCUT2D eigenvalue weighted by Gasteiger charge is 2.25. The van der Waals surface area contributed by atoms with E-state index in [0.717, 1.165) is 10.1 Å². The third-order valence-electron chi connectivity index (χ3n) is 3.54. The first kappa shape index (κ1) is 18.2. The van der Waals surface area contributed by atoms with Crippen LogP contribution in [0.15, 0.2) is 39.9 Å². The summed E-state index contributed by atoms with van der Waals surface area (Å²) in [6, 6.07) is 9.10. The maximum Gasteiger partial charge on any atom is 0.424 e. The van der Waals surface area contributed by atoms with Crippen LogP contribution < -0.4 is 17.0 Å². The van der Waals surface area contributed by atoms with Gasteiger partial charge in [-0.1, -0.05) is 30.3 Å². The molecular weight excluding hydrogens is 350 g/mol. The molecule has 9 nitrogen and oxygen atoms in total. The van der Waals surface area contributed by atoms with Crippen molar-refractivity contribution in [2.75, 3.05) is 5.73 Å². The van der Waals surface area contributed by atoms with Crippen LogP contribution in [0.1, 0.15) is 26.3 Å². The summed E-state index contributed by atoms with van der Waals surface area (Å²) in [5.41, 5.74) is 3.72. The number of nitrogen functional groups attached to an aromatic ring is 1. The first-order valence-electron chi connectivity index (χ1n) is 8.17. The van der Waals surface area contributed by atoms with E-state index in [4.69, 9.17) is 10.5 Å². The van der Waals surface area contributed by atoms with Crippen molar-refractivity contribution in [3.63, 3.8) is 0 Å². The minimum Gasteiger partial charge on any atom is -0.443 e. The number of hydrogen-bond donors (Lipinski definition) is 2. The van der Waals surface area contributed by atoms with Crippen LogP contribution in [0.25, 0.3) is 23.4 Å². The van der Waals surface area contributed by atoms with Gasteiger partial charge in [0, 0.05) is 6.20 Å². The third-order valence-corrected chi connectivity index (χ3v) is 3.54. The van der Waals surface area contributed by atoms with Gasteiger partial charge in [0.15, 0.2) is 17.1 Å². The minimum absolute atomic E-state index is 0.0735. The first-order chi connectivity index (χ1) is 12.7. The summed E-state index contributed by atoms with van der Waals surface area (Å²) in [5, 5.41) is 0. The molecule has 0 saturated carbocycles. The monoisotopic (exact) mass is 369 g/mol. The number of ether oxygens (including phenoxy) is 1. The van der Waals surface area contributed by atoms with Gasteiger partial charge >= 0.3 is 11.8 Å². The summed E-state index contributed by atoms with van der Waals surface area (Å²) in [4.78, 5) is 44.5. The molecule has 3 aromatic rings. The third kappa shape index (κ3) is 3.66. The molecule has 0 atom stereocenters. The number of imidazole rings is 1. The van der Waals surface area contributed by atoms with Gasteiger partial charge in [-0.3, -0.25) is 4.79 Å². The molecule has 2 aromatic heterocycles. The van der Waals surface area contributed by atoms with Crippen molar-refractivity contribution in [1.82, 2.24) is 19.1 Å². The molecular formula is C18H19N5O4. The lowest BCUT2D eigenvalue weighted by atomic mass is 10.2. The van der Waals surface area contributed by atoms with E-state index in [-0.39, 0.29) is 17.1 Å². The van der Waals surface area contributed by atoms with E-state index in [1.807, 2.05) is 18.2 Å². The molecule has 0 aliphatic carbocycles. The number of carbonyl (C=O) groups excluding carboxylic acids is 1. The maximum atomic E-state index is 12.8. The topological polar surface area (TPSA) is 125 Å². The van der Waals surface area contributed by atoms with Crippen molar-refractivity contribution < 1.29 is 9.53 Å². The molecule has 3 N–H and O–H groups in total. The number of carbonyl (C=O) groups is 1. The molecule has 0 radical (unpaired) electrons. The Balaban J connectivity index is 2.23. The van der Waals surface area contributed by atoms with Crippen LogP contribution in [-0.4, -0.2) is 30.8 Å². The molecule has 0 spiro atoms. The molecule has 0 bridgehead atoms. The van der Waals surface area contributed by atoms with Crippen LogP contribution in [0, 0.1) is 0 Å². The van der Waals surface area contributed by atoms with Gasteiger partial charge in [0.25, 0.3) is 5.56 Å². The Morgan fingerprint density at radius 2 is 1.89 bits per heavy atom. The van der Waals surface area contributed by atoms with Crippen LogP contribution in [0.3, 0.4) is 0 Å². The second-order valence-corrected chi connectivity index (χ2v) is 6.82. The highest BCUT2D eigenvalue weighted by Crippen LogP contribution is 2.12. The zero-order valence-corrected chi connectivity index (χ0v) is 15.1. The molecule has 0 aliphatic heterocycles. The highest BCUT2D eigenvalue weighted by molar-refractivity contribution is 5.84. The van der Waals surface area contributed by atoms with E-state index in [1.54, 1.807) is 39.0 Å². The van der Waals surface area contributed by atoms with E-state index in [9.17, 15) is 14.4 Å². The van der Waals surface area contributed by atoms with Gasteiger partial charge < -0.3 is 15.5 Å². The standard InChI is InChI=1S/C18H19N5O4/c1-18(2,3)27-17(26)23-13-12(20-15(19)21-13)14(24)22(16(23)25)10-9-11-7-5-4-6-8-11/h4-10H,1-3H3,(H3,19,20,21). The molecule has 0 amide bonds. The number of hydrogen-bond acceptors (Lipinski definition) is 6. The predicted octanol–water partition coefficient (Wildman–Crippen LogP) is 1.88. The van der Waals surface area contributed by atoms with Gasteiger partial charge in [-0.2, -0.15) is 9.55 Å². The zero-order chi connectivity index (χ0) is 19.8. The number of rotatable bonds is 2. The largest absolute Gasteiger partial charge is 0.443 e. The maximum absolute atomic E-state index is 12.8. The summed E-state index contributed by atoms with van der Waals surface area (Å²) in [7, 11) is 0. The summed E-state index contributed by atoms with van der Waals surface area (Å²) < 4.78 is 6.76. The summed E-state index contributed by atoms with van der Waals surface area (Å²) >= 11 is 0. The highest BCUT2D eigenvalue weighted by atomic mass is 16.6. The number of nitrogens with two attached hydrogens (primary N) is 1. The molecule has 27 heavy (non-hydrogen) atoms.